The molecule has 0 saturated carbocycles. The number of rotatable bonds is 2. The first-order chi connectivity index (χ1) is 6.19. The number of aromatic hydroxyl groups is 1. The molecule has 3 heteroatoms. The third-order valence-corrected chi connectivity index (χ3v) is 1.74. The van der Waals surface area contributed by atoms with Gasteiger partial charge in [0.2, 0.25) is 5.75 Å². The van der Waals surface area contributed by atoms with E-state index in [2.05, 4.69) is 0 Å². The molecular formula is C10H12O3. The maximum absolute atomic E-state index is 11.0. The monoisotopic (exact) mass is 180 g/mol. The summed E-state index contributed by atoms with van der Waals surface area (Å²) in [4.78, 5) is 11.0. The lowest BCUT2D eigenvalue weighted by atomic mass is 10.2. The minimum Gasteiger partial charge on any atom is -0.502 e. The largest absolute Gasteiger partial charge is 0.502 e. The Kier molecular flexibility index (Phi) is 2.90. The summed E-state index contributed by atoms with van der Waals surface area (Å²) >= 11 is 0. The Bertz CT molecular complexity index is 374. The third kappa shape index (κ3) is 1.99. The molecule has 0 radical (unpaired) electrons. The third-order valence-electron chi connectivity index (χ3n) is 1.74. The van der Waals surface area contributed by atoms with Crippen molar-refractivity contribution in [2.75, 3.05) is 0 Å². The van der Waals surface area contributed by atoms with E-state index in [-0.39, 0.29) is 5.75 Å². The van der Waals surface area contributed by atoms with Crippen LogP contribution in [0.3, 0.4) is 0 Å². The zero-order valence-corrected chi connectivity index (χ0v) is 7.70. The Morgan fingerprint density at radius 1 is 1.62 bits per heavy atom. The number of hydrogen-bond donors (Lipinski definition) is 1. The average molecular weight is 180 g/mol. The van der Waals surface area contributed by atoms with Crippen LogP contribution in [0.25, 0.3) is 6.08 Å². The van der Waals surface area contributed by atoms with Crippen molar-refractivity contribution in [3.8, 4) is 5.75 Å². The minimum absolute atomic E-state index is 0.282. The van der Waals surface area contributed by atoms with E-state index < -0.39 is 5.63 Å². The molecule has 0 atom stereocenters. The fourth-order valence-electron chi connectivity index (χ4n) is 1.07. The summed E-state index contributed by atoms with van der Waals surface area (Å²) in [5, 5.41) is 9.26. The molecule has 0 aliphatic carbocycles. The van der Waals surface area contributed by atoms with Crippen molar-refractivity contribution in [2.24, 2.45) is 0 Å². The SMILES string of the molecule is CC=Cc1cc(CC)c(O)c(=O)o1. The maximum atomic E-state index is 11.0. The molecular weight excluding hydrogens is 168 g/mol. The molecule has 0 spiro atoms. The van der Waals surface area contributed by atoms with Gasteiger partial charge in [-0.25, -0.2) is 4.79 Å². The Balaban J connectivity index is 3.30. The molecule has 0 aliphatic rings. The number of hydrogen-bond acceptors (Lipinski definition) is 3. The van der Waals surface area contributed by atoms with Gasteiger partial charge in [0.1, 0.15) is 5.76 Å². The summed E-state index contributed by atoms with van der Waals surface area (Å²) in [6, 6.07) is 1.66. The standard InChI is InChI=1S/C10H12O3/c1-3-5-8-6-7(4-2)9(11)10(12)13-8/h3,5-6,11H,4H2,1-2H3. The van der Waals surface area contributed by atoms with Crippen molar-refractivity contribution in [2.45, 2.75) is 20.3 Å². The molecule has 0 aromatic carbocycles. The maximum Gasteiger partial charge on any atom is 0.379 e. The quantitative estimate of drug-likeness (QED) is 0.756. The molecule has 1 rings (SSSR count). The Labute approximate surface area is 76.3 Å². The van der Waals surface area contributed by atoms with Crippen molar-refractivity contribution in [3.05, 3.63) is 33.9 Å². The van der Waals surface area contributed by atoms with Gasteiger partial charge in [-0.3, -0.25) is 0 Å². The van der Waals surface area contributed by atoms with Crippen LogP contribution in [0, 0.1) is 0 Å². The van der Waals surface area contributed by atoms with Gasteiger partial charge in [0.25, 0.3) is 0 Å². The van der Waals surface area contributed by atoms with Crippen molar-refractivity contribution in [1.82, 2.24) is 0 Å². The summed E-state index contributed by atoms with van der Waals surface area (Å²) < 4.78 is 4.80. The predicted molar refractivity (Wildman–Crippen MR) is 50.7 cm³/mol. The van der Waals surface area contributed by atoms with Crippen molar-refractivity contribution >= 4 is 6.08 Å². The summed E-state index contributed by atoms with van der Waals surface area (Å²) in [6.45, 7) is 3.70. The predicted octanol–water partition coefficient (Wildman–Crippen LogP) is 1.94. The molecule has 1 aromatic heterocycles. The van der Waals surface area contributed by atoms with Crippen LogP contribution in [-0.2, 0) is 6.42 Å². The summed E-state index contributed by atoms with van der Waals surface area (Å²) in [7, 11) is 0. The van der Waals surface area contributed by atoms with E-state index in [0.717, 1.165) is 0 Å². The smallest absolute Gasteiger partial charge is 0.379 e. The molecule has 1 aromatic rings. The van der Waals surface area contributed by atoms with Crippen LogP contribution in [-0.4, -0.2) is 5.11 Å². The molecule has 70 valence electrons. The highest BCUT2D eigenvalue weighted by Crippen LogP contribution is 2.14. The molecule has 13 heavy (non-hydrogen) atoms. The van der Waals surface area contributed by atoms with Crippen LogP contribution in [0.4, 0.5) is 0 Å². The van der Waals surface area contributed by atoms with Crippen LogP contribution < -0.4 is 5.63 Å². The lowest BCUT2D eigenvalue weighted by Crippen LogP contribution is -2.02. The van der Waals surface area contributed by atoms with E-state index in [4.69, 9.17) is 4.42 Å². The second-order valence-corrected chi connectivity index (χ2v) is 2.66. The first kappa shape index (κ1) is 9.58. The zero-order chi connectivity index (χ0) is 9.84. The van der Waals surface area contributed by atoms with E-state index in [1.807, 2.05) is 13.8 Å². The molecule has 0 saturated heterocycles. The normalized spacial score (nSPS) is 10.9. The molecule has 0 aliphatic heterocycles. The van der Waals surface area contributed by atoms with Crippen LogP contribution >= 0.6 is 0 Å². The lowest BCUT2D eigenvalue weighted by molar-refractivity contribution is 0.403. The fourth-order valence-corrected chi connectivity index (χ4v) is 1.07. The van der Waals surface area contributed by atoms with Gasteiger partial charge in [0.05, 0.1) is 0 Å². The Morgan fingerprint density at radius 2 is 2.31 bits per heavy atom. The highest BCUT2D eigenvalue weighted by atomic mass is 16.4. The lowest BCUT2D eigenvalue weighted by Gasteiger charge is -2.00. The van der Waals surface area contributed by atoms with Crippen LogP contribution in [0.15, 0.2) is 21.4 Å². The minimum atomic E-state index is -0.674. The highest BCUT2D eigenvalue weighted by Gasteiger charge is 2.06. The van der Waals surface area contributed by atoms with Crippen LogP contribution in [0.5, 0.6) is 5.75 Å². The highest BCUT2D eigenvalue weighted by molar-refractivity contribution is 5.45. The van der Waals surface area contributed by atoms with Crippen molar-refractivity contribution in [3.63, 3.8) is 0 Å². The van der Waals surface area contributed by atoms with Crippen LogP contribution in [0.1, 0.15) is 25.2 Å². The number of allylic oxidation sites excluding steroid dienone is 1. The van der Waals surface area contributed by atoms with Crippen molar-refractivity contribution < 1.29 is 9.52 Å². The first-order valence-corrected chi connectivity index (χ1v) is 4.17. The Hall–Kier alpha value is -1.51. The Morgan fingerprint density at radius 3 is 2.85 bits per heavy atom. The number of aryl methyl sites for hydroxylation is 1. The molecule has 3 nitrogen and oxygen atoms in total. The van der Waals surface area contributed by atoms with E-state index in [0.29, 0.717) is 17.7 Å². The van der Waals surface area contributed by atoms with E-state index in [1.165, 1.54) is 0 Å². The van der Waals surface area contributed by atoms with Gasteiger partial charge in [-0.2, -0.15) is 0 Å². The zero-order valence-electron chi connectivity index (χ0n) is 7.70. The van der Waals surface area contributed by atoms with E-state index in [1.54, 1.807) is 18.2 Å². The summed E-state index contributed by atoms with van der Waals surface area (Å²) in [5.41, 5.74) is -0.0585. The van der Waals surface area contributed by atoms with Crippen molar-refractivity contribution in [1.29, 1.82) is 0 Å². The molecule has 0 amide bonds. The van der Waals surface area contributed by atoms with Gasteiger partial charge in [-0.1, -0.05) is 13.0 Å². The summed E-state index contributed by atoms with van der Waals surface area (Å²) in [5.74, 6) is 0.193. The van der Waals surface area contributed by atoms with Crippen LogP contribution in [0.2, 0.25) is 0 Å². The second-order valence-electron chi connectivity index (χ2n) is 2.66. The van der Waals surface area contributed by atoms with E-state index >= 15 is 0 Å². The fraction of sp³-hybridized carbons (Fsp3) is 0.300. The molecule has 1 N–H and O–H groups in total. The molecule has 0 bridgehead atoms. The second kappa shape index (κ2) is 3.94. The van der Waals surface area contributed by atoms with Gasteiger partial charge in [-0.15, -0.1) is 0 Å². The van der Waals surface area contributed by atoms with E-state index in [9.17, 15) is 9.90 Å². The van der Waals surface area contributed by atoms with Gasteiger partial charge in [0, 0.05) is 5.56 Å². The van der Waals surface area contributed by atoms with Gasteiger partial charge in [-0.05, 0) is 25.5 Å². The van der Waals surface area contributed by atoms with Gasteiger partial charge in [0.15, 0.2) is 0 Å². The molecule has 0 unspecified atom stereocenters. The summed E-state index contributed by atoms with van der Waals surface area (Å²) in [6.07, 6.45) is 4.07. The topological polar surface area (TPSA) is 50.4 Å². The molecule has 1 heterocycles. The molecule has 0 fully saturated rings. The average Bonchev–Trinajstić information content (AvgIpc) is 2.11. The van der Waals surface area contributed by atoms with Gasteiger partial charge >= 0.3 is 5.63 Å². The first-order valence-electron chi connectivity index (χ1n) is 4.17. The van der Waals surface area contributed by atoms with Gasteiger partial charge < -0.3 is 9.52 Å².